The first-order valence-electron chi connectivity index (χ1n) is 9.91. The van der Waals surface area contributed by atoms with Gasteiger partial charge in [0.1, 0.15) is 0 Å². The van der Waals surface area contributed by atoms with E-state index in [1.165, 1.54) is 0 Å². The summed E-state index contributed by atoms with van der Waals surface area (Å²) in [6.07, 6.45) is 0.841. The first-order valence-corrected chi connectivity index (χ1v) is 10.7. The van der Waals surface area contributed by atoms with Crippen molar-refractivity contribution >= 4 is 45.1 Å². The molecular weight excluding hydrogens is 448 g/mol. The summed E-state index contributed by atoms with van der Waals surface area (Å²) in [5, 5.41) is 2.78. The number of ether oxygens (including phenoxy) is 1. The maximum atomic E-state index is 12.5. The van der Waals surface area contributed by atoms with Gasteiger partial charge >= 0.3 is 5.97 Å². The topological polar surface area (TPSA) is 75.7 Å². The zero-order valence-electron chi connectivity index (χ0n) is 17.3. The van der Waals surface area contributed by atoms with Crippen LogP contribution in [0.2, 0.25) is 0 Å². The molecule has 1 aliphatic rings. The molecule has 0 unspecified atom stereocenters. The summed E-state index contributed by atoms with van der Waals surface area (Å²) >= 11 is 3.41. The number of benzene rings is 2. The quantitative estimate of drug-likeness (QED) is 0.640. The molecule has 30 heavy (non-hydrogen) atoms. The fourth-order valence-corrected chi connectivity index (χ4v) is 4.14. The molecule has 0 aliphatic carbocycles. The Bertz CT molecular complexity index is 969. The van der Waals surface area contributed by atoms with Gasteiger partial charge in [-0.15, -0.1) is 0 Å². The van der Waals surface area contributed by atoms with Gasteiger partial charge in [-0.05, 0) is 55.2 Å². The van der Waals surface area contributed by atoms with Crippen molar-refractivity contribution in [3.05, 3.63) is 57.6 Å². The number of hydrogen-bond acceptors (Lipinski definition) is 4. The van der Waals surface area contributed by atoms with E-state index >= 15 is 0 Å². The van der Waals surface area contributed by atoms with Crippen LogP contribution in [0.25, 0.3) is 0 Å². The second-order valence-corrected chi connectivity index (χ2v) is 8.37. The number of carbonyl (C=O) groups excluding carboxylic acids is 3. The van der Waals surface area contributed by atoms with Crippen molar-refractivity contribution in [1.29, 1.82) is 0 Å². The van der Waals surface area contributed by atoms with Crippen molar-refractivity contribution in [3.63, 3.8) is 0 Å². The summed E-state index contributed by atoms with van der Waals surface area (Å²) in [4.78, 5) is 38.9. The lowest BCUT2D eigenvalue weighted by atomic mass is 10.1. The minimum Gasteiger partial charge on any atom is -0.455 e. The van der Waals surface area contributed by atoms with E-state index in [1.807, 2.05) is 51.1 Å². The van der Waals surface area contributed by atoms with Gasteiger partial charge in [0, 0.05) is 28.8 Å². The molecule has 1 fully saturated rings. The number of anilines is 2. The van der Waals surface area contributed by atoms with Crippen LogP contribution >= 0.6 is 15.9 Å². The van der Waals surface area contributed by atoms with Gasteiger partial charge in [0.15, 0.2) is 6.61 Å². The normalized spacial score (nSPS) is 15.9. The molecule has 0 spiro atoms. The number of hydrogen-bond donors (Lipinski definition) is 1. The fourth-order valence-electron chi connectivity index (χ4n) is 3.73. The Hall–Kier alpha value is -2.67. The van der Waals surface area contributed by atoms with E-state index in [-0.39, 0.29) is 25.5 Å². The molecule has 2 aromatic carbocycles. The lowest BCUT2D eigenvalue weighted by molar-refractivity contribution is -0.151. The van der Waals surface area contributed by atoms with Crippen molar-refractivity contribution in [2.45, 2.75) is 33.6 Å². The third-order valence-electron chi connectivity index (χ3n) is 5.24. The number of rotatable bonds is 6. The highest BCUT2D eigenvalue weighted by atomic mass is 79.9. The van der Waals surface area contributed by atoms with Gasteiger partial charge in [0.25, 0.3) is 5.91 Å². The van der Waals surface area contributed by atoms with Crippen molar-refractivity contribution in [2.75, 3.05) is 23.4 Å². The number of nitrogens with one attached hydrogen (secondary N) is 1. The van der Waals surface area contributed by atoms with Gasteiger partial charge < -0.3 is 15.0 Å². The summed E-state index contributed by atoms with van der Waals surface area (Å²) in [5.74, 6) is -1.63. The number of esters is 1. The largest absolute Gasteiger partial charge is 0.455 e. The highest BCUT2D eigenvalue weighted by Gasteiger charge is 2.37. The Morgan fingerprint density at radius 3 is 2.57 bits per heavy atom. The second kappa shape index (κ2) is 9.43. The highest BCUT2D eigenvalue weighted by Crippen LogP contribution is 2.31. The van der Waals surface area contributed by atoms with E-state index in [4.69, 9.17) is 4.74 Å². The molecule has 1 saturated heterocycles. The van der Waals surface area contributed by atoms with Crippen LogP contribution in [-0.2, 0) is 25.5 Å². The predicted octanol–water partition coefficient (Wildman–Crippen LogP) is 4.16. The van der Waals surface area contributed by atoms with Gasteiger partial charge in [-0.1, -0.05) is 41.1 Å². The van der Waals surface area contributed by atoms with Crippen molar-refractivity contribution in [3.8, 4) is 0 Å². The molecule has 0 saturated carbocycles. The molecule has 158 valence electrons. The summed E-state index contributed by atoms with van der Waals surface area (Å²) in [5.41, 5.74) is 4.49. The monoisotopic (exact) mass is 472 g/mol. The van der Waals surface area contributed by atoms with Gasteiger partial charge in [0.2, 0.25) is 5.91 Å². The van der Waals surface area contributed by atoms with E-state index < -0.39 is 17.8 Å². The Balaban J connectivity index is 1.58. The molecule has 2 amide bonds. The van der Waals surface area contributed by atoms with Crippen LogP contribution in [0.3, 0.4) is 0 Å². The van der Waals surface area contributed by atoms with Gasteiger partial charge in [-0.3, -0.25) is 14.4 Å². The van der Waals surface area contributed by atoms with Crippen LogP contribution in [0.4, 0.5) is 11.4 Å². The summed E-state index contributed by atoms with van der Waals surface area (Å²) < 4.78 is 6.14. The van der Waals surface area contributed by atoms with Crippen molar-refractivity contribution < 1.29 is 19.1 Å². The van der Waals surface area contributed by atoms with Crippen LogP contribution in [0, 0.1) is 19.8 Å². The summed E-state index contributed by atoms with van der Waals surface area (Å²) in [6.45, 7) is 5.76. The van der Waals surface area contributed by atoms with Crippen LogP contribution in [0.15, 0.2) is 40.9 Å². The summed E-state index contributed by atoms with van der Waals surface area (Å²) in [6, 6.07) is 11.4. The molecule has 1 atom stereocenters. The average molecular weight is 473 g/mol. The Morgan fingerprint density at radius 2 is 1.90 bits per heavy atom. The number of nitrogens with zero attached hydrogens (tertiary/aromatic N) is 1. The van der Waals surface area contributed by atoms with Gasteiger partial charge in [-0.25, -0.2) is 0 Å². The SMILES string of the molecule is CCc1cc(Br)ccc1NC(=O)COC(=O)[C@@H]1CC(=O)N(c2c(C)cccc2C)C1. The molecule has 0 bridgehead atoms. The highest BCUT2D eigenvalue weighted by molar-refractivity contribution is 9.10. The molecule has 3 rings (SSSR count). The maximum Gasteiger partial charge on any atom is 0.311 e. The van der Waals surface area contributed by atoms with E-state index in [1.54, 1.807) is 11.0 Å². The number of halogens is 1. The minimum atomic E-state index is -0.580. The van der Waals surface area contributed by atoms with E-state index in [0.717, 1.165) is 33.3 Å². The third kappa shape index (κ3) is 4.90. The molecule has 2 aromatic rings. The number of para-hydroxylation sites is 1. The van der Waals surface area contributed by atoms with E-state index in [0.29, 0.717) is 5.69 Å². The van der Waals surface area contributed by atoms with Crippen LogP contribution in [0.5, 0.6) is 0 Å². The van der Waals surface area contributed by atoms with Gasteiger partial charge in [0.05, 0.1) is 5.92 Å². The molecule has 0 aromatic heterocycles. The van der Waals surface area contributed by atoms with Crippen LogP contribution < -0.4 is 10.2 Å². The first kappa shape index (κ1) is 22.0. The Morgan fingerprint density at radius 1 is 1.20 bits per heavy atom. The smallest absolute Gasteiger partial charge is 0.311 e. The van der Waals surface area contributed by atoms with Crippen molar-refractivity contribution in [2.24, 2.45) is 5.92 Å². The second-order valence-electron chi connectivity index (χ2n) is 7.46. The van der Waals surface area contributed by atoms with Crippen LogP contribution in [-0.4, -0.2) is 30.9 Å². The standard InChI is InChI=1S/C23H25BrN2O4/c1-4-16-10-18(24)8-9-19(16)25-20(27)13-30-23(29)17-11-21(28)26(12-17)22-14(2)6-5-7-15(22)3/h5-10,17H,4,11-13H2,1-3H3,(H,25,27)/t17-/m1/s1. The van der Waals surface area contributed by atoms with Crippen LogP contribution in [0.1, 0.15) is 30.0 Å². The summed E-state index contributed by atoms with van der Waals surface area (Å²) in [7, 11) is 0. The first-order chi connectivity index (χ1) is 14.3. The lowest BCUT2D eigenvalue weighted by Gasteiger charge is -2.21. The Kier molecular flexibility index (Phi) is 6.92. The molecule has 0 radical (unpaired) electrons. The molecule has 1 aliphatic heterocycles. The molecule has 1 N–H and O–H groups in total. The number of amides is 2. The predicted molar refractivity (Wildman–Crippen MR) is 119 cm³/mol. The maximum absolute atomic E-state index is 12.5. The molecular formula is C23H25BrN2O4. The molecule has 1 heterocycles. The minimum absolute atomic E-state index is 0.0842. The molecule has 7 heteroatoms. The Labute approximate surface area is 184 Å². The zero-order valence-corrected chi connectivity index (χ0v) is 18.9. The van der Waals surface area contributed by atoms with Crippen molar-refractivity contribution in [1.82, 2.24) is 0 Å². The average Bonchev–Trinajstić information content (AvgIpc) is 3.09. The number of aryl methyl sites for hydroxylation is 3. The van der Waals surface area contributed by atoms with Gasteiger partial charge in [-0.2, -0.15) is 0 Å². The number of carbonyl (C=O) groups is 3. The molecule has 6 nitrogen and oxygen atoms in total. The lowest BCUT2D eigenvalue weighted by Crippen LogP contribution is -2.29. The zero-order chi connectivity index (χ0) is 21.8. The fraction of sp³-hybridized carbons (Fsp3) is 0.348. The van der Waals surface area contributed by atoms with E-state index in [2.05, 4.69) is 21.2 Å². The third-order valence-corrected chi connectivity index (χ3v) is 5.73. The van der Waals surface area contributed by atoms with E-state index in [9.17, 15) is 14.4 Å².